The monoisotopic (exact) mass is 262 g/mol. The Kier molecular flexibility index (Phi) is 3.60. The van der Waals surface area contributed by atoms with Gasteiger partial charge in [-0.15, -0.1) is 0 Å². The van der Waals surface area contributed by atoms with Crippen molar-refractivity contribution < 1.29 is 18.3 Å². The number of hydrogen-bond donors (Lipinski definition) is 0. The lowest BCUT2D eigenvalue weighted by Crippen LogP contribution is -2.07. The van der Waals surface area contributed by atoms with Gasteiger partial charge in [0.05, 0.1) is 12.7 Å². The molecule has 0 N–H and O–H groups in total. The van der Waals surface area contributed by atoms with Crippen LogP contribution in [0.1, 0.15) is 21.5 Å². The number of aryl methyl sites for hydroxylation is 1. The fraction of sp³-hybridized carbons (Fsp3) is 0.133. The van der Waals surface area contributed by atoms with Crippen molar-refractivity contribution in [2.75, 3.05) is 7.11 Å². The van der Waals surface area contributed by atoms with Gasteiger partial charge in [0.25, 0.3) is 0 Å². The molecule has 19 heavy (non-hydrogen) atoms. The Labute approximate surface area is 109 Å². The highest BCUT2D eigenvalue weighted by Crippen LogP contribution is 2.21. The zero-order chi connectivity index (χ0) is 14.0. The summed E-state index contributed by atoms with van der Waals surface area (Å²) in [6, 6.07) is 7.81. The van der Waals surface area contributed by atoms with Crippen molar-refractivity contribution in [2.24, 2.45) is 0 Å². The zero-order valence-corrected chi connectivity index (χ0v) is 10.5. The van der Waals surface area contributed by atoms with Crippen LogP contribution in [0.3, 0.4) is 0 Å². The Morgan fingerprint density at radius 1 is 1.05 bits per heavy atom. The Morgan fingerprint density at radius 3 is 2.42 bits per heavy atom. The van der Waals surface area contributed by atoms with Crippen LogP contribution in [0, 0.1) is 18.6 Å². The van der Waals surface area contributed by atoms with E-state index in [-0.39, 0.29) is 11.1 Å². The smallest absolute Gasteiger partial charge is 0.196 e. The molecule has 2 aromatic rings. The maximum absolute atomic E-state index is 13.8. The Morgan fingerprint density at radius 2 is 1.79 bits per heavy atom. The summed E-state index contributed by atoms with van der Waals surface area (Å²) in [5, 5.41) is 0. The van der Waals surface area contributed by atoms with Crippen LogP contribution in [0.5, 0.6) is 5.75 Å². The molecule has 0 amide bonds. The third kappa shape index (κ3) is 2.62. The van der Waals surface area contributed by atoms with Crippen molar-refractivity contribution in [3.05, 3.63) is 64.7 Å². The summed E-state index contributed by atoms with van der Waals surface area (Å²) in [5.74, 6) is -1.43. The molecule has 0 aliphatic heterocycles. The van der Waals surface area contributed by atoms with Gasteiger partial charge in [0.1, 0.15) is 17.4 Å². The Bertz CT molecular complexity index is 636. The van der Waals surface area contributed by atoms with E-state index in [0.717, 1.165) is 12.1 Å². The first-order valence-corrected chi connectivity index (χ1v) is 5.67. The first-order chi connectivity index (χ1) is 9.02. The highest BCUT2D eigenvalue weighted by Gasteiger charge is 2.17. The lowest BCUT2D eigenvalue weighted by Gasteiger charge is -2.07. The van der Waals surface area contributed by atoms with E-state index in [1.165, 1.54) is 31.4 Å². The number of carbonyl (C=O) groups excluding carboxylic acids is 1. The van der Waals surface area contributed by atoms with Crippen LogP contribution in [0.4, 0.5) is 8.78 Å². The van der Waals surface area contributed by atoms with Crippen molar-refractivity contribution in [3.8, 4) is 5.75 Å². The lowest BCUT2D eigenvalue weighted by molar-refractivity contribution is 0.103. The van der Waals surface area contributed by atoms with Crippen LogP contribution < -0.4 is 4.74 Å². The topological polar surface area (TPSA) is 26.3 Å². The fourth-order valence-electron chi connectivity index (χ4n) is 1.79. The molecule has 0 saturated heterocycles. The van der Waals surface area contributed by atoms with Crippen LogP contribution in [0.15, 0.2) is 36.4 Å². The van der Waals surface area contributed by atoms with Gasteiger partial charge < -0.3 is 4.74 Å². The van der Waals surface area contributed by atoms with E-state index in [4.69, 9.17) is 4.74 Å². The second kappa shape index (κ2) is 5.18. The molecule has 0 saturated carbocycles. The van der Waals surface area contributed by atoms with Gasteiger partial charge in [-0.1, -0.05) is 6.07 Å². The predicted octanol–water partition coefficient (Wildman–Crippen LogP) is 3.51. The number of halogens is 2. The summed E-state index contributed by atoms with van der Waals surface area (Å²) in [4.78, 5) is 12.2. The molecule has 4 heteroatoms. The first-order valence-electron chi connectivity index (χ1n) is 5.67. The van der Waals surface area contributed by atoms with Gasteiger partial charge >= 0.3 is 0 Å². The number of hydrogen-bond acceptors (Lipinski definition) is 2. The van der Waals surface area contributed by atoms with Crippen LogP contribution in [-0.4, -0.2) is 12.9 Å². The van der Waals surface area contributed by atoms with E-state index >= 15 is 0 Å². The largest absolute Gasteiger partial charge is 0.497 e. The van der Waals surface area contributed by atoms with E-state index in [1.54, 1.807) is 6.92 Å². The third-order valence-corrected chi connectivity index (χ3v) is 2.87. The van der Waals surface area contributed by atoms with E-state index < -0.39 is 17.4 Å². The molecule has 0 atom stereocenters. The summed E-state index contributed by atoms with van der Waals surface area (Å²) >= 11 is 0. The number of ketones is 1. The maximum Gasteiger partial charge on any atom is 0.196 e. The number of ether oxygens (including phenoxy) is 1. The number of carbonyl (C=O) groups is 1. The molecule has 2 rings (SSSR count). The summed E-state index contributed by atoms with van der Waals surface area (Å²) in [6.07, 6.45) is 0. The molecule has 0 heterocycles. The molecular weight excluding hydrogens is 250 g/mol. The Hall–Kier alpha value is -2.23. The summed E-state index contributed by atoms with van der Waals surface area (Å²) in [5.41, 5.74) is 0.653. The van der Waals surface area contributed by atoms with Gasteiger partial charge in [-0.25, -0.2) is 8.78 Å². The molecule has 0 unspecified atom stereocenters. The van der Waals surface area contributed by atoms with Gasteiger partial charge in [0, 0.05) is 11.6 Å². The molecule has 0 aliphatic carbocycles. The molecule has 2 aromatic carbocycles. The Balaban J connectivity index is 2.47. The second-order valence-electron chi connectivity index (χ2n) is 4.13. The van der Waals surface area contributed by atoms with E-state index in [9.17, 15) is 13.6 Å². The molecule has 0 aromatic heterocycles. The third-order valence-electron chi connectivity index (χ3n) is 2.87. The number of rotatable bonds is 3. The van der Waals surface area contributed by atoms with Crippen molar-refractivity contribution >= 4 is 5.78 Å². The van der Waals surface area contributed by atoms with Gasteiger partial charge in [-0.3, -0.25) is 4.79 Å². The summed E-state index contributed by atoms with van der Waals surface area (Å²) in [6.45, 7) is 1.67. The highest BCUT2D eigenvalue weighted by atomic mass is 19.1. The van der Waals surface area contributed by atoms with Gasteiger partial charge in [-0.05, 0) is 36.8 Å². The highest BCUT2D eigenvalue weighted by molar-refractivity contribution is 6.10. The molecule has 0 fully saturated rings. The number of methoxy groups -OCH3 is 1. The van der Waals surface area contributed by atoms with E-state index in [0.29, 0.717) is 11.3 Å². The SMILES string of the molecule is COc1ccc(C(=O)c2cc(F)ccc2C)c(F)c1. The van der Waals surface area contributed by atoms with Crippen molar-refractivity contribution in [1.82, 2.24) is 0 Å². The minimum Gasteiger partial charge on any atom is -0.497 e. The molecule has 0 aliphatic rings. The predicted molar refractivity (Wildman–Crippen MR) is 67.5 cm³/mol. The van der Waals surface area contributed by atoms with Gasteiger partial charge in [0.2, 0.25) is 0 Å². The van der Waals surface area contributed by atoms with Crippen molar-refractivity contribution in [1.29, 1.82) is 0 Å². The molecular formula is C15H12F2O2. The van der Waals surface area contributed by atoms with Gasteiger partial charge in [-0.2, -0.15) is 0 Å². The van der Waals surface area contributed by atoms with Crippen LogP contribution in [0.2, 0.25) is 0 Å². The molecule has 0 spiro atoms. The lowest BCUT2D eigenvalue weighted by atomic mass is 9.98. The molecule has 2 nitrogen and oxygen atoms in total. The molecule has 0 radical (unpaired) electrons. The molecule has 98 valence electrons. The standard InChI is InChI=1S/C15H12F2O2/c1-9-3-4-10(16)7-13(9)15(18)12-6-5-11(19-2)8-14(12)17/h3-8H,1-2H3. The second-order valence-corrected chi connectivity index (χ2v) is 4.13. The van der Waals surface area contributed by atoms with E-state index in [1.807, 2.05) is 0 Å². The van der Waals surface area contributed by atoms with E-state index in [2.05, 4.69) is 0 Å². The van der Waals surface area contributed by atoms with Crippen LogP contribution >= 0.6 is 0 Å². The quantitative estimate of drug-likeness (QED) is 0.791. The summed E-state index contributed by atoms with van der Waals surface area (Å²) < 4.78 is 31.9. The van der Waals surface area contributed by atoms with Crippen LogP contribution in [-0.2, 0) is 0 Å². The van der Waals surface area contributed by atoms with Crippen LogP contribution in [0.25, 0.3) is 0 Å². The first kappa shape index (κ1) is 13.2. The van der Waals surface area contributed by atoms with Gasteiger partial charge in [0.15, 0.2) is 5.78 Å². The normalized spacial score (nSPS) is 10.3. The minimum absolute atomic E-state index is 0.102. The van der Waals surface area contributed by atoms with Crippen molar-refractivity contribution in [3.63, 3.8) is 0 Å². The number of benzene rings is 2. The summed E-state index contributed by atoms with van der Waals surface area (Å²) in [7, 11) is 1.41. The van der Waals surface area contributed by atoms with Crippen molar-refractivity contribution in [2.45, 2.75) is 6.92 Å². The minimum atomic E-state index is -0.687. The average Bonchev–Trinajstić information content (AvgIpc) is 2.40. The fourth-order valence-corrected chi connectivity index (χ4v) is 1.79. The average molecular weight is 262 g/mol. The zero-order valence-electron chi connectivity index (χ0n) is 10.5. The maximum atomic E-state index is 13.8. The molecule has 0 bridgehead atoms.